The molecule has 1 saturated heterocycles. The standard InChI is InChI=1S/C27H33NO4/c1-5-21-16(2)14-27(31)25(18(4)32-26(27)30)24(21)13-12-20-11-10-19(15-28-20)23-9-7-6-8-22(23)17(3)29/h6-13,15-18,21,24-25,29,31H,5,14H2,1-4H3/b13-12+/t16?,17?,18-,21?,24?,25?,27?/m1/s1. The zero-order valence-corrected chi connectivity index (χ0v) is 19.2. The SMILES string of the molecule is CCC1C(C)CC2(O)C(=O)O[C@H](C)C2C1/C=C/c1ccc(-c2ccccc2C(C)O)cn1. The van der Waals surface area contributed by atoms with E-state index >= 15 is 0 Å². The zero-order chi connectivity index (χ0) is 23.0. The Morgan fingerprint density at radius 1 is 1.25 bits per heavy atom. The Balaban J connectivity index is 1.61. The van der Waals surface area contributed by atoms with Crippen LogP contribution >= 0.6 is 0 Å². The van der Waals surface area contributed by atoms with E-state index in [0.29, 0.717) is 12.3 Å². The van der Waals surface area contributed by atoms with Crippen molar-refractivity contribution in [3.63, 3.8) is 0 Å². The van der Waals surface area contributed by atoms with Crippen molar-refractivity contribution in [2.24, 2.45) is 23.7 Å². The van der Waals surface area contributed by atoms with Crippen molar-refractivity contribution < 1.29 is 19.7 Å². The maximum Gasteiger partial charge on any atom is 0.338 e. The Hall–Kier alpha value is -2.50. The molecule has 2 N–H and O–H groups in total. The van der Waals surface area contributed by atoms with Crippen LogP contribution in [0.25, 0.3) is 17.2 Å². The van der Waals surface area contributed by atoms with Crippen LogP contribution in [0.15, 0.2) is 48.7 Å². The predicted molar refractivity (Wildman–Crippen MR) is 124 cm³/mol. The highest BCUT2D eigenvalue weighted by Gasteiger charge is 2.62. The fourth-order valence-corrected chi connectivity index (χ4v) is 5.94. The fraction of sp³-hybridized carbons (Fsp3) is 0.481. The highest BCUT2D eigenvalue weighted by Crippen LogP contribution is 2.52. The van der Waals surface area contributed by atoms with Crippen molar-refractivity contribution in [1.29, 1.82) is 0 Å². The van der Waals surface area contributed by atoms with Crippen LogP contribution in [0.3, 0.4) is 0 Å². The minimum absolute atomic E-state index is 0.0349. The molecule has 2 aromatic rings. The van der Waals surface area contributed by atoms with Gasteiger partial charge in [0.25, 0.3) is 0 Å². The molecule has 1 aliphatic carbocycles. The van der Waals surface area contributed by atoms with Gasteiger partial charge in [-0.15, -0.1) is 0 Å². The van der Waals surface area contributed by atoms with Gasteiger partial charge >= 0.3 is 5.97 Å². The average molecular weight is 436 g/mol. The number of aromatic nitrogens is 1. The summed E-state index contributed by atoms with van der Waals surface area (Å²) in [5, 5.41) is 21.3. The number of carbonyl (C=O) groups excluding carboxylic acids is 1. The molecule has 32 heavy (non-hydrogen) atoms. The van der Waals surface area contributed by atoms with Gasteiger partial charge in [-0.05, 0) is 61.3 Å². The Morgan fingerprint density at radius 3 is 2.66 bits per heavy atom. The highest BCUT2D eigenvalue weighted by molar-refractivity contribution is 5.82. The number of cyclic esters (lactones) is 1. The molecule has 1 saturated carbocycles. The number of aliphatic hydroxyl groups excluding tert-OH is 1. The van der Waals surface area contributed by atoms with Gasteiger partial charge in [-0.3, -0.25) is 4.98 Å². The lowest BCUT2D eigenvalue weighted by Gasteiger charge is -2.45. The largest absolute Gasteiger partial charge is 0.460 e. The first-order chi connectivity index (χ1) is 15.3. The molecule has 4 rings (SSSR count). The number of nitrogens with zero attached hydrogens (tertiary/aromatic N) is 1. The quantitative estimate of drug-likeness (QED) is 0.660. The second-order valence-electron chi connectivity index (χ2n) is 9.49. The molecule has 170 valence electrons. The van der Waals surface area contributed by atoms with Crippen LogP contribution in [0.5, 0.6) is 0 Å². The van der Waals surface area contributed by atoms with Crippen molar-refractivity contribution in [3.05, 3.63) is 59.9 Å². The van der Waals surface area contributed by atoms with E-state index in [1.807, 2.05) is 55.6 Å². The van der Waals surface area contributed by atoms with E-state index in [9.17, 15) is 15.0 Å². The molecule has 7 atom stereocenters. The molecule has 5 nitrogen and oxygen atoms in total. The Kier molecular flexibility index (Phi) is 6.24. The number of hydrogen-bond acceptors (Lipinski definition) is 5. The maximum atomic E-state index is 12.4. The third-order valence-corrected chi connectivity index (χ3v) is 7.45. The van der Waals surface area contributed by atoms with E-state index in [1.54, 1.807) is 6.92 Å². The third-order valence-electron chi connectivity index (χ3n) is 7.45. The van der Waals surface area contributed by atoms with Crippen molar-refractivity contribution in [2.75, 3.05) is 0 Å². The highest BCUT2D eigenvalue weighted by atomic mass is 16.6. The molecule has 0 amide bonds. The number of hydrogen-bond donors (Lipinski definition) is 2. The van der Waals surface area contributed by atoms with Gasteiger partial charge in [0, 0.05) is 17.7 Å². The molecule has 5 heteroatoms. The Labute approximate surface area is 190 Å². The number of fused-ring (bicyclic) bond motifs is 1. The van der Waals surface area contributed by atoms with Gasteiger partial charge in [-0.1, -0.05) is 56.7 Å². The molecule has 1 aromatic carbocycles. The van der Waals surface area contributed by atoms with E-state index < -0.39 is 17.7 Å². The van der Waals surface area contributed by atoms with E-state index in [-0.39, 0.29) is 23.9 Å². The summed E-state index contributed by atoms with van der Waals surface area (Å²) in [5.74, 6) is -0.0991. The number of carbonyl (C=O) groups is 1. The van der Waals surface area contributed by atoms with Crippen LogP contribution in [-0.2, 0) is 9.53 Å². The van der Waals surface area contributed by atoms with E-state index in [4.69, 9.17) is 4.74 Å². The van der Waals surface area contributed by atoms with Gasteiger partial charge < -0.3 is 14.9 Å². The average Bonchev–Trinajstić information content (AvgIpc) is 2.99. The van der Waals surface area contributed by atoms with Crippen molar-refractivity contribution in [2.45, 2.75) is 58.3 Å². The number of pyridine rings is 1. The van der Waals surface area contributed by atoms with Crippen LogP contribution in [0, 0.1) is 23.7 Å². The van der Waals surface area contributed by atoms with Crippen LogP contribution in [0.2, 0.25) is 0 Å². The Morgan fingerprint density at radius 2 is 2.00 bits per heavy atom. The van der Waals surface area contributed by atoms with Gasteiger partial charge in [-0.2, -0.15) is 0 Å². The minimum Gasteiger partial charge on any atom is -0.460 e. The van der Waals surface area contributed by atoms with E-state index in [2.05, 4.69) is 24.9 Å². The minimum atomic E-state index is -1.40. The summed E-state index contributed by atoms with van der Waals surface area (Å²) in [4.78, 5) is 17.0. The first-order valence-electron chi connectivity index (χ1n) is 11.6. The number of aliphatic hydroxyl groups is 2. The van der Waals surface area contributed by atoms with Gasteiger partial charge in [0.15, 0.2) is 5.60 Å². The number of rotatable bonds is 5. The van der Waals surface area contributed by atoms with Gasteiger partial charge in [0.1, 0.15) is 6.10 Å². The summed E-state index contributed by atoms with van der Waals surface area (Å²) < 4.78 is 5.47. The number of ether oxygens (including phenoxy) is 1. The van der Waals surface area contributed by atoms with Crippen LogP contribution in [0.1, 0.15) is 57.9 Å². The molecular weight excluding hydrogens is 402 g/mol. The van der Waals surface area contributed by atoms with Crippen molar-refractivity contribution in [3.8, 4) is 11.1 Å². The molecule has 0 bridgehead atoms. The summed E-state index contributed by atoms with van der Waals surface area (Å²) in [6.45, 7) is 7.93. The lowest BCUT2D eigenvalue weighted by molar-refractivity contribution is -0.160. The van der Waals surface area contributed by atoms with Gasteiger partial charge in [-0.25, -0.2) is 4.79 Å². The monoisotopic (exact) mass is 435 g/mol. The lowest BCUT2D eigenvalue weighted by atomic mass is 9.59. The lowest BCUT2D eigenvalue weighted by Crippen LogP contribution is -2.53. The summed E-state index contributed by atoms with van der Waals surface area (Å²) in [5.41, 5.74) is 2.21. The molecule has 2 fully saturated rings. The Bertz CT molecular complexity index is 999. The summed E-state index contributed by atoms with van der Waals surface area (Å²) in [6.07, 6.45) is 6.50. The van der Waals surface area contributed by atoms with Crippen LogP contribution < -0.4 is 0 Å². The van der Waals surface area contributed by atoms with Gasteiger partial charge in [0.2, 0.25) is 0 Å². The van der Waals surface area contributed by atoms with Gasteiger partial charge in [0.05, 0.1) is 11.8 Å². The first kappa shape index (κ1) is 22.7. The van der Waals surface area contributed by atoms with Crippen molar-refractivity contribution in [1.82, 2.24) is 4.98 Å². The number of allylic oxidation sites excluding steroid dienone is 1. The number of esters is 1. The topological polar surface area (TPSA) is 79.7 Å². The molecule has 6 unspecified atom stereocenters. The molecule has 1 aliphatic heterocycles. The zero-order valence-electron chi connectivity index (χ0n) is 19.2. The van der Waals surface area contributed by atoms with Crippen molar-refractivity contribution >= 4 is 12.0 Å². The third kappa shape index (κ3) is 3.89. The maximum absolute atomic E-state index is 12.4. The molecule has 2 heterocycles. The molecular formula is C27H33NO4. The summed E-state index contributed by atoms with van der Waals surface area (Å²) in [6, 6.07) is 11.8. The van der Waals surface area contributed by atoms with Crippen LogP contribution in [0.4, 0.5) is 0 Å². The molecule has 1 aromatic heterocycles. The second kappa shape index (κ2) is 8.80. The smallest absolute Gasteiger partial charge is 0.338 e. The normalized spacial score (nSPS) is 33.2. The van der Waals surface area contributed by atoms with Crippen LogP contribution in [-0.4, -0.2) is 32.9 Å². The van der Waals surface area contributed by atoms with E-state index in [1.165, 1.54) is 0 Å². The first-order valence-corrected chi connectivity index (χ1v) is 11.6. The molecule has 2 aliphatic rings. The van der Waals surface area contributed by atoms with E-state index in [0.717, 1.165) is 28.8 Å². The summed E-state index contributed by atoms with van der Waals surface area (Å²) >= 11 is 0. The number of benzene rings is 1. The molecule has 0 radical (unpaired) electrons. The molecule has 0 spiro atoms. The predicted octanol–water partition coefficient (Wildman–Crippen LogP) is 4.79. The fourth-order valence-electron chi connectivity index (χ4n) is 5.94. The summed E-state index contributed by atoms with van der Waals surface area (Å²) in [7, 11) is 0. The second-order valence-corrected chi connectivity index (χ2v) is 9.49.